The second-order valence-electron chi connectivity index (χ2n) is 3.43. The fraction of sp³-hybridized carbons (Fsp3) is 0.300. The van der Waals surface area contributed by atoms with Gasteiger partial charge in [-0.2, -0.15) is 0 Å². The molecule has 4 heteroatoms. The van der Waals surface area contributed by atoms with Crippen molar-refractivity contribution in [2.75, 3.05) is 5.73 Å². The van der Waals surface area contributed by atoms with E-state index in [1.807, 2.05) is 0 Å². The smallest absolute Gasteiger partial charge is 0.290 e. The molecule has 0 fully saturated rings. The zero-order valence-electron chi connectivity index (χ0n) is 8.13. The minimum Gasteiger partial charge on any atom is -0.457 e. The van der Waals surface area contributed by atoms with Crippen LogP contribution in [0.25, 0.3) is 0 Å². The molecule has 3 N–H and O–H groups in total. The Bertz CT molecular complexity index is 385. The highest BCUT2D eigenvalue weighted by Crippen LogP contribution is 2.13. The van der Waals surface area contributed by atoms with E-state index in [1.54, 1.807) is 13.8 Å². The largest absolute Gasteiger partial charge is 0.457 e. The first-order valence-electron chi connectivity index (χ1n) is 4.09. The predicted octanol–water partition coefficient (Wildman–Crippen LogP) is 1.00. The Labute approximate surface area is 82.5 Å². The van der Waals surface area contributed by atoms with E-state index in [-0.39, 0.29) is 5.76 Å². The molecule has 0 aromatic carbocycles. The third kappa shape index (κ3) is 2.07. The number of carbonyl (C=O) groups is 1. The van der Waals surface area contributed by atoms with Crippen LogP contribution in [0.3, 0.4) is 0 Å². The van der Waals surface area contributed by atoms with Crippen LogP contribution in [0, 0.1) is 12.3 Å². The maximum Gasteiger partial charge on any atom is 0.290 e. The van der Waals surface area contributed by atoms with Crippen LogP contribution in [0.5, 0.6) is 0 Å². The first-order chi connectivity index (χ1) is 6.46. The van der Waals surface area contributed by atoms with E-state index < -0.39 is 11.4 Å². The molecule has 1 heterocycles. The van der Waals surface area contributed by atoms with Gasteiger partial charge in [0.15, 0.2) is 0 Å². The third-order valence-electron chi connectivity index (χ3n) is 1.69. The van der Waals surface area contributed by atoms with Crippen molar-refractivity contribution in [1.29, 1.82) is 0 Å². The van der Waals surface area contributed by atoms with Crippen LogP contribution < -0.4 is 11.1 Å². The molecule has 1 rings (SSSR count). The second kappa shape index (κ2) is 3.46. The Morgan fingerprint density at radius 3 is 2.79 bits per heavy atom. The number of hydrogen-bond donors (Lipinski definition) is 2. The van der Waals surface area contributed by atoms with E-state index >= 15 is 0 Å². The van der Waals surface area contributed by atoms with E-state index in [4.69, 9.17) is 16.6 Å². The van der Waals surface area contributed by atoms with Gasteiger partial charge in [0.05, 0.1) is 17.5 Å². The molecule has 0 atom stereocenters. The van der Waals surface area contributed by atoms with Crippen molar-refractivity contribution < 1.29 is 9.21 Å². The molecule has 0 spiro atoms. The second-order valence-corrected chi connectivity index (χ2v) is 3.43. The fourth-order valence-corrected chi connectivity index (χ4v) is 0.880. The van der Waals surface area contributed by atoms with Crippen molar-refractivity contribution in [3.63, 3.8) is 0 Å². The SMILES string of the molecule is C#CC(C)(C)NC(=O)c1occc1N. The third-order valence-corrected chi connectivity index (χ3v) is 1.69. The quantitative estimate of drug-likeness (QED) is 0.687. The highest BCUT2D eigenvalue weighted by Gasteiger charge is 2.21. The molecular formula is C10H12N2O2. The molecule has 74 valence electrons. The lowest BCUT2D eigenvalue weighted by molar-refractivity contribution is 0.0903. The van der Waals surface area contributed by atoms with Crippen molar-refractivity contribution in [2.45, 2.75) is 19.4 Å². The van der Waals surface area contributed by atoms with Gasteiger partial charge in [0, 0.05) is 6.07 Å². The summed E-state index contributed by atoms with van der Waals surface area (Å²) in [5, 5.41) is 2.60. The number of terminal acetylenes is 1. The number of nitrogen functional groups attached to an aromatic ring is 1. The molecule has 4 nitrogen and oxygen atoms in total. The molecule has 0 aliphatic heterocycles. The average Bonchev–Trinajstić information content (AvgIpc) is 2.51. The van der Waals surface area contributed by atoms with Crippen molar-refractivity contribution >= 4 is 11.6 Å². The van der Waals surface area contributed by atoms with Gasteiger partial charge in [-0.05, 0) is 13.8 Å². The minimum atomic E-state index is -0.712. The Morgan fingerprint density at radius 2 is 2.36 bits per heavy atom. The summed E-state index contributed by atoms with van der Waals surface area (Å²) in [6.07, 6.45) is 6.57. The van der Waals surface area contributed by atoms with E-state index in [0.717, 1.165) is 0 Å². The monoisotopic (exact) mass is 192 g/mol. The Kier molecular flexibility index (Phi) is 2.52. The van der Waals surface area contributed by atoms with Crippen LogP contribution in [0.4, 0.5) is 5.69 Å². The van der Waals surface area contributed by atoms with Gasteiger partial charge in [-0.25, -0.2) is 0 Å². The number of hydrogen-bond acceptors (Lipinski definition) is 3. The van der Waals surface area contributed by atoms with Gasteiger partial charge in [-0.3, -0.25) is 4.79 Å². The molecule has 14 heavy (non-hydrogen) atoms. The van der Waals surface area contributed by atoms with E-state index in [0.29, 0.717) is 5.69 Å². The van der Waals surface area contributed by atoms with Crippen LogP contribution in [0.15, 0.2) is 16.7 Å². The lowest BCUT2D eigenvalue weighted by Gasteiger charge is -2.18. The summed E-state index contributed by atoms with van der Waals surface area (Å²) in [4.78, 5) is 11.5. The fourth-order valence-electron chi connectivity index (χ4n) is 0.880. The lowest BCUT2D eigenvalue weighted by Crippen LogP contribution is -2.42. The summed E-state index contributed by atoms with van der Waals surface area (Å²) in [6.45, 7) is 3.42. The maximum absolute atomic E-state index is 11.5. The van der Waals surface area contributed by atoms with Gasteiger partial charge in [0.2, 0.25) is 5.76 Å². The molecule has 0 radical (unpaired) electrons. The number of nitrogens with two attached hydrogens (primary N) is 1. The average molecular weight is 192 g/mol. The Hall–Kier alpha value is -1.89. The Morgan fingerprint density at radius 1 is 1.71 bits per heavy atom. The summed E-state index contributed by atoms with van der Waals surface area (Å²) < 4.78 is 4.91. The molecular weight excluding hydrogens is 180 g/mol. The molecule has 0 unspecified atom stereocenters. The Balaban J connectivity index is 2.80. The highest BCUT2D eigenvalue weighted by molar-refractivity contribution is 5.96. The van der Waals surface area contributed by atoms with Gasteiger partial charge in [0.1, 0.15) is 0 Å². The van der Waals surface area contributed by atoms with Gasteiger partial charge in [-0.15, -0.1) is 6.42 Å². The van der Waals surface area contributed by atoms with E-state index in [1.165, 1.54) is 12.3 Å². The standard InChI is InChI=1S/C10H12N2O2/c1-4-10(2,3)12-9(13)8-7(11)5-6-14-8/h1,5-6H,11H2,2-3H3,(H,12,13). The predicted molar refractivity (Wildman–Crippen MR) is 53.5 cm³/mol. The van der Waals surface area contributed by atoms with Gasteiger partial charge < -0.3 is 15.5 Å². The summed E-state index contributed by atoms with van der Waals surface area (Å²) in [6, 6.07) is 1.51. The van der Waals surface area contributed by atoms with E-state index in [9.17, 15) is 4.79 Å². The number of rotatable bonds is 2. The van der Waals surface area contributed by atoms with Gasteiger partial charge in [0.25, 0.3) is 5.91 Å². The van der Waals surface area contributed by atoms with Crippen molar-refractivity contribution in [1.82, 2.24) is 5.32 Å². The van der Waals surface area contributed by atoms with Crippen molar-refractivity contribution in [3.05, 3.63) is 18.1 Å². The number of carbonyl (C=O) groups excluding carboxylic acids is 1. The van der Waals surface area contributed by atoms with Crippen LogP contribution in [0.1, 0.15) is 24.4 Å². The van der Waals surface area contributed by atoms with Gasteiger partial charge >= 0.3 is 0 Å². The molecule has 0 aliphatic carbocycles. The summed E-state index contributed by atoms with van der Waals surface area (Å²) in [5.41, 5.74) is 5.08. The summed E-state index contributed by atoms with van der Waals surface area (Å²) in [5.74, 6) is 2.12. The molecule has 1 amide bonds. The zero-order chi connectivity index (χ0) is 10.8. The normalized spacial score (nSPS) is 10.6. The van der Waals surface area contributed by atoms with Crippen molar-refractivity contribution in [2.24, 2.45) is 0 Å². The number of anilines is 1. The topological polar surface area (TPSA) is 68.3 Å². The van der Waals surface area contributed by atoms with Crippen LogP contribution in [0.2, 0.25) is 0 Å². The maximum atomic E-state index is 11.5. The first kappa shape index (κ1) is 10.2. The van der Waals surface area contributed by atoms with E-state index in [2.05, 4.69) is 11.2 Å². The number of furan rings is 1. The molecule has 0 saturated heterocycles. The number of amides is 1. The summed E-state index contributed by atoms with van der Waals surface area (Å²) >= 11 is 0. The van der Waals surface area contributed by atoms with Gasteiger partial charge in [-0.1, -0.05) is 5.92 Å². The number of nitrogens with one attached hydrogen (secondary N) is 1. The van der Waals surface area contributed by atoms with Crippen LogP contribution >= 0.6 is 0 Å². The molecule has 0 aliphatic rings. The lowest BCUT2D eigenvalue weighted by atomic mass is 10.1. The zero-order valence-corrected chi connectivity index (χ0v) is 8.13. The molecule has 1 aromatic rings. The molecule has 0 bridgehead atoms. The van der Waals surface area contributed by atoms with Crippen LogP contribution in [-0.2, 0) is 0 Å². The summed E-state index contributed by atoms with van der Waals surface area (Å²) in [7, 11) is 0. The minimum absolute atomic E-state index is 0.0910. The van der Waals surface area contributed by atoms with Crippen LogP contribution in [-0.4, -0.2) is 11.4 Å². The highest BCUT2D eigenvalue weighted by atomic mass is 16.3. The first-order valence-corrected chi connectivity index (χ1v) is 4.09. The van der Waals surface area contributed by atoms with Crippen molar-refractivity contribution in [3.8, 4) is 12.3 Å². The molecule has 1 aromatic heterocycles. The molecule has 0 saturated carbocycles.